The van der Waals surface area contributed by atoms with Crippen LogP contribution in [-0.2, 0) is 19.1 Å². The van der Waals surface area contributed by atoms with Crippen molar-refractivity contribution in [3.63, 3.8) is 0 Å². The first kappa shape index (κ1) is 29.5. The van der Waals surface area contributed by atoms with E-state index in [4.69, 9.17) is 31.8 Å². The van der Waals surface area contributed by atoms with E-state index in [-0.39, 0.29) is 37.3 Å². The minimum Gasteiger partial charge on any atom is -0.464 e. The number of ether oxygens (including phenoxy) is 2. The fourth-order valence-electron chi connectivity index (χ4n) is 2.29. The van der Waals surface area contributed by atoms with Crippen LogP contribution in [0.2, 0.25) is 0 Å². The Morgan fingerprint density at radius 2 is 1.32 bits per heavy atom. The summed E-state index contributed by atoms with van der Waals surface area (Å²) < 4.78 is 10.3. The van der Waals surface area contributed by atoms with Gasteiger partial charge >= 0.3 is 11.9 Å². The number of nitrogens with zero attached hydrogens (tertiary/aromatic N) is 6. The zero-order chi connectivity index (χ0) is 25.6. The van der Waals surface area contributed by atoms with Gasteiger partial charge in [0.1, 0.15) is 30.9 Å². The minimum absolute atomic E-state index is 0.00701. The quantitative estimate of drug-likeness (QED) is 0.155. The third-order valence-electron chi connectivity index (χ3n) is 4.22. The van der Waals surface area contributed by atoms with Gasteiger partial charge in [0.2, 0.25) is 0 Å². The van der Waals surface area contributed by atoms with E-state index < -0.39 is 11.9 Å². The van der Waals surface area contributed by atoms with Crippen molar-refractivity contribution in [3.05, 3.63) is 59.4 Å². The van der Waals surface area contributed by atoms with Crippen molar-refractivity contribution in [2.75, 3.05) is 39.4 Å². The molecule has 0 aliphatic carbocycles. The molecule has 0 aliphatic rings. The Labute approximate surface area is 200 Å². The van der Waals surface area contributed by atoms with Crippen LogP contribution < -0.4 is 0 Å². The van der Waals surface area contributed by atoms with E-state index >= 15 is 0 Å². The number of likely N-dealkylation sites (N-methyl/N-ethyl adjacent to an activating group) is 2. The van der Waals surface area contributed by atoms with Crippen molar-refractivity contribution in [1.29, 1.82) is 15.8 Å². The van der Waals surface area contributed by atoms with Crippen LogP contribution in [0.5, 0.6) is 0 Å². The van der Waals surface area contributed by atoms with Crippen molar-refractivity contribution < 1.29 is 19.1 Å². The lowest BCUT2D eigenvalue weighted by atomic mass is 10.3. The largest absolute Gasteiger partial charge is 0.464 e. The van der Waals surface area contributed by atoms with Gasteiger partial charge in [-0.3, -0.25) is 9.59 Å². The van der Waals surface area contributed by atoms with E-state index in [9.17, 15) is 9.59 Å². The molecule has 10 heteroatoms. The summed E-state index contributed by atoms with van der Waals surface area (Å²) in [5, 5.41) is 26.1. The maximum absolute atomic E-state index is 11.8. The van der Waals surface area contributed by atoms with Crippen LogP contribution >= 0.6 is 0 Å². The number of carbonyl (C=O) groups is 2. The highest BCUT2D eigenvalue weighted by atomic mass is 16.5. The van der Waals surface area contributed by atoms with Gasteiger partial charge < -0.3 is 19.3 Å². The highest BCUT2D eigenvalue weighted by molar-refractivity contribution is 5.77. The highest BCUT2D eigenvalue weighted by Crippen LogP contribution is 2.00. The number of nitriles is 3. The number of carbonyl (C=O) groups excluding carboxylic acids is 2. The highest BCUT2D eigenvalue weighted by Gasteiger charge is 2.10. The molecular weight excluding hydrogens is 436 g/mol. The Hall–Kier alpha value is -4.54. The van der Waals surface area contributed by atoms with Gasteiger partial charge in [-0.05, 0) is 44.5 Å². The van der Waals surface area contributed by atoms with Crippen molar-refractivity contribution >= 4 is 11.9 Å². The van der Waals surface area contributed by atoms with Gasteiger partial charge in [-0.1, -0.05) is 6.08 Å². The van der Waals surface area contributed by atoms with Crippen LogP contribution in [0, 0.1) is 40.6 Å². The third-order valence-corrected chi connectivity index (χ3v) is 4.22. The zero-order valence-corrected chi connectivity index (χ0v) is 19.4. The number of rotatable bonds is 15. The summed E-state index contributed by atoms with van der Waals surface area (Å²) in [4.78, 5) is 30.4. The molecule has 0 saturated heterocycles. The fourth-order valence-corrected chi connectivity index (χ4v) is 2.29. The Bertz CT molecular complexity index is 844. The molecule has 0 aliphatic heterocycles. The van der Waals surface area contributed by atoms with Crippen molar-refractivity contribution in [3.8, 4) is 18.2 Å². The second-order valence-electron chi connectivity index (χ2n) is 6.46. The first-order valence-corrected chi connectivity index (χ1v) is 10.6. The first-order chi connectivity index (χ1) is 16.4. The van der Waals surface area contributed by atoms with Crippen LogP contribution in [0.25, 0.3) is 4.85 Å². The maximum atomic E-state index is 11.8. The summed E-state index contributed by atoms with van der Waals surface area (Å²) in [6.45, 7) is 13.0. The zero-order valence-electron chi connectivity index (χ0n) is 19.4. The topological polar surface area (TPSA) is 135 Å². The number of allylic oxidation sites excluding steroid dienone is 6. The third kappa shape index (κ3) is 14.5. The Balaban J connectivity index is 4.22. The minimum atomic E-state index is -0.508. The van der Waals surface area contributed by atoms with Gasteiger partial charge in [0.25, 0.3) is 5.70 Å². The molecule has 0 spiro atoms. The molecule has 0 unspecified atom stereocenters. The molecule has 0 amide bonds. The van der Waals surface area contributed by atoms with Crippen LogP contribution in [0.3, 0.4) is 0 Å². The van der Waals surface area contributed by atoms with Gasteiger partial charge in [0, 0.05) is 13.1 Å². The lowest BCUT2D eigenvalue weighted by Gasteiger charge is -2.18. The summed E-state index contributed by atoms with van der Waals surface area (Å²) in [7, 11) is 0. The molecule has 0 atom stereocenters. The Kier molecular flexibility index (Phi) is 16.6. The molecule has 0 aromatic heterocycles. The monoisotopic (exact) mass is 464 g/mol. The first-order valence-electron chi connectivity index (χ1n) is 10.6. The van der Waals surface area contributed by atoms with E-state index in [1.54, 1.807) is 42.8 Å². The van der Waals surface area contributed by atoms with Crippen LogP contribution in [0.4, 0.5) is 0 Å². The predicted molar refractivity (Wildman–Crippen MR) is 124 cm³/mol. The van der Waals surface area contributed by atoms with Gasteiger partial charge in [-0.2, -0.15) is 10.5 Å². The summed E-state index contributed by atoms with van der Waals surface area (Å²) >= 11 is 0. The molecule has 34 heavy (non-hydrogen) atoms. The van der Waals surface area contributed by atoms with E-state index in [2.05, 4.69) is 4.85 Å². The summed E-state index contributed by atoms with van der Waals surface area (Å²) in [6, 6.07) is 5.28. The predicted octanol–water partition coefficient (Wildman–Crippen LogP) is 2.82. The maximum Gasteiger partial charge on any atom is 0.306 e. The number of hydrogen-bond donors (Lipinski definition) is 0. The molecule has 0 bridgehead atoms. The van der Waals surface area contributed by atoms with Gasteiger partial charge in [-0.15, -0.1) is 0 Å². The second kappa shape index (κ2) is 19.2. The molecule has 178 valence electrons. The Morgan fingerprint density at radius 1 is 0.853 bits per heavy atom. The van der Waals surface area contributed by atoms with Gasteiger partial charge in [0.15, 0.2) is 0 Å². The lowest BCUT2D eigenvalue weighted by Crippen LogP contribution is -2.24. The molecule has 0 N–H and O–H groups in total. The van der Waals surface area contributed by atoms with Gasteiger partial charge in [-0.25, -0.2) is 10.1 Å². The van der Waals surface area contributed by atoms with Crippen LogP contribution in [0.1, 0.15) is 26.7 Å². The molecular formula is C24H28N6O4. The standard InChI is InChI=1S/C24H28N6O4/c1-4-29(12-6-8-21(18-25)19-26)14-16-33-23(31)10-11-24(32)34-17-15-30(5-2)13-7-9-22(20-27)28-3/h6-9,12-13H,4-5,10-11,14-17H2,1-2H3/b12-6+,13-7+,22-9+. The van der Waals surface area contributed by atoms with E-state index in [1.807, 2.05) is 23.6 Å². The van der Waals surface area contributed by atoms with Crippen molar-refractivity contribution in [1.82, 2.24) is 9.80 Å². The molecule has 0 rings (SSSR count). The fraction of sp³-hybridized carbons (Fsp3) is 0.417. The molecule has 0 aromatic carbocycles. The molecule has 0 heterocycles. The average Bonchev–Trinajstić information content (AvgIpc) is 2.85. The summed E-state index contributed by atoms with van der Waals surface area (Å²) in [5.74, 6) is -1.02. The van der Waals surface area contributed by atoms with Crippen molar-refractivity contribution in [2.24, 2.45) is 0 Å². The molecule has 0 aromatic rings. The van der Waals surface area contributed by atoms with Crippen LogP contribution in [0.15, 0.2) is 48.0 Å². The molecule has 0 radical (unpaired) electrons. The van der Waals surface area contributed by atoms with E-state index in [0.29, 0.717) is 26.2 Å². The Morgan fingerprint density at radius 3 is 1.71 bits per heavy atom. The van der Waals surface area contributed by atoms with Crippen molar-refractivity contribution in [2.45, 2.75) is 26.7 Å². The normalized spacial score (nSPS) is 10.5. The summed E-state index contributed by atoms with van der Waals surface area (Å²) in [5.41, 5.74) is -0.0288. The van der Waals surface area contributed by atoms with Gasteiger partial charge in [0.05, 0.1) is 38.6 Å². The lowest BCUT2D eigenvalue weighted by molar-refractivity contribution is -0.150. The summed E-state index contributed by atoms with van der Waals surface area (Å²) in [6.07, 6.45) is 9.17. The SMILES string of the molecule is [C-]#[N+]/C(C#N)=C/C=C/N(CC)CCOC(=O)CCC(=O)OCCN(/C=C/C=C(C#N)C#N)CC. The number of hydrogen-bond acceptors (Lipinski definition) is 9. The van der Waals surface area contributed by atoms with E-state index in [1.165, 1.54) is 12.2 Å². The second-order valence-corrected chi connectivity index (χ2v) is 6.46. The smallest absolute Gasteiger partial charge is 0.306 e. The molecule has 0 fully saturated rings. The molecule has 0 saturated carbocycles. The number of esters is 2. The average molecular weight is 465 g/mol. The van der Waals surface area contributed by atoms with Crippen LogP contribution in [-0.4, -0.2) is 61.1 Å². The molecule has 10 nitrogen and oxygen atoms in total. The van der Waals surface area contributed by atoms with E-state index in [0.717, 1.165) is 0 Å².